The van der Waals surface area contributed by atoms with Crippen molar-refractivity contribution >= 4 is 15.7 Å². The van der Waals surface area contributed by atoms with Crippen LogP contribution in [-0.4, -0.2) is 31.5 Å². The van der Waals surface area contributed by atoms with Crippen molar-refractivity contribution in [2.45, 2.75) is 24.9 Å². The molecule has 1 N–H and O–H groups in total. The first kappa shape index (κ1) is 16.2. The Morgan fingerprint density at radius 2 is 1.91 bits per heavy atom. The molecule has 0 radical (unpaired) electrons. The summed E-state index contributed by atoms with van der Waals surface area (Å²) in [4.78, 5) is 0. The highest BCUT2D eigenvalue weighted by Crippen LogP contribution is 2.18. The standard InChI is InChI=1S/C15H19N3O3S/c1-3-10-22(19,20)15-9-8-14(17-18-15)16-11-12-6-4-5-7-13(12)21-2/h4-9H,3,10-11H2,1-2H3,(H,16,17). The third-order valence-electron chi connectivity index (χ3n) is 3.08. The minimum absolute atomic E-state index is 0.0113. The minimum Gasteiger partial charge on any atom is -0.496 e. The number of sulfone groups is 1. The topological polar surface area (TPSA) is 81.2 Å². The molecule has 0 aliphatic carbocycles. The van der Waals surface area contributed by atoms with Gasteiger partial charge in [-0.05, 0) is 24.6 Å². The molecule has 118 valence electrons. The zero-order valence-electron chi connectivity index (χ0n) is 12.6. The minimum atomic E-state index is -3.33. The van der Waals surface area contributed by atoms with E-state index >= 15 is 0 Å². The summed E-state index contributed by atoms with van der Waals surface area (Å²) in [6, 6.07) is 10.7. The number of aromatic nitrogens is 2. The van der Waals surface area contributed by atoms with E-state index in [2.05, 4.69) is 15.5 Å². The number of anilines is 1. The van der Waals surface area contributed by atoms with Crippen molar-refractivity contribution < 1.29 is 13.2 Å². The lowest BCUT2D eigenvalue weighted by Gasteiger charge is -2.09. The Labute approximate surface area is 130 Å². The van der Waals surface area contributed by atoms with Crippen LogP contribution >= 0.6 is 0 Å². The van der Waals surface area contributed by atoms with E-state index in [0.717, 1.165) is 11.3 Å². The van der Waals surface area contributed by atoms with Crippen LogP contribution in [0.4, 0.5) is 5.82 Å². The Kier molecular flexibility index (Phi) is 5.32. The van der Waals surface area contributed by atoms with Crippen LogP contribution in [0.5, 0.6) is 5.75 Å². The molecule has 0 atom stereocenters. The zero-order valence-corrected chi connectivity index (χ0v) is 13.4. The largest absolute Gasteiger partial charge is 0.496 e. The van der Waals surface area contributed by atoms with Gasteiger partial charge in [0.15, 0.2) is 14.9 Å². The van der Waals surface area contributed by atoms with Gasteiger partial charge in [-0.2, -0.15) is 0 Å². The first-order valence-corrected chi connectivity index (χ1v) is 8.64. The fourth-order valence-corrected chi connectivity index (χ4v) is 3.18. The first-order valence-electron chi connectivity index (χ1n) is 6.99. The number of nitrogens with one attached hydrogen (secondary N) is 1. The number of nitrogens with zero attached hydrogens (tertiary/aromatic N) is 2. The highest BCUT2D eigenvalue weighted by atomic mass is 32.2. The quantitative estimate of drug-likeness (QED) is 0.842. The Morgan fingerprint density at radius 3 is 2.55 bits per heavy atom. The monoisotopic (exact) mass is 321 g/mol. The third-order valence-corrected chi connectivity index (χ3v) is 4.88. The fourth-order valence-electron chi connectivity index (χ4n) is 1.99. The van der Waals surface area contributed by atoms with Crippen LogP contribution < -0.4 is 10.1 Å². The smallest absolute Gasteiger partial charge is 0.197 e. The van der Waals surface area contributed by atoms with E-state index < -0.39 is 9.84 Å². The normalized spacial score (nSPS) is 11.2. The average Bonchev–Trinajstić information content (AvgIpc) is 2.53. The van der Waals surface area contributed by atoms with Gasteiger partial charge in [-0.15, -0.1) is 10.2 Å². The molecular formula is C15H19N3O3S. The Morgan fingerprint density at radius 1 is 1.14 bits per heavy atom. The van der Waals surface area contributed by atoms with Crippen LogP contribution in [0.25, 0.3) is 0 Å². The molecule has 0 spiro atoms. The van der Waals surface area contributed by atoms with Gasteiger partial charge in [0.2, 0.25) is 0 Å². The SMILES string of the molecule is CCCS(=O)(=O)c1ccc(NCc2ccccc2OC)nn1. The lowest BCUT2D eigenvalue weighted by atomic mass is 10.2. The molecule has 22 heavy (non-hydrogen) atoms. The maximum absolute atomic E-state index is 11.9. The molecule has 2 rings (SSSR count). The number of hydrogen-bond acceptors (Lipinski definition) is 6. The van der Waals surface area contributed by atoms with Gasteiger partial charge >= 0.3 is 0 Å². The lowest BCUT2D eigenvalue weighted by molar-refractivity contribution is 0.410. The summed E-state index contributed by atoms with van der Waals surface area (Å²) in [5.41, 5.74) is 0.981. The molecule has 0 aliphatic rings. The van der Waals surface area contributed by atoms with Crippen molar-refractivity contribution in [3.05, 3.63) is 42.0 Å². The van der Waals surface area contributed by atoms with Crippen molar-refractivity contribution in [1.29, 1.82) is 0 Å². The highest BCUT2D eigenvalue weighted by Gasteiger charge is 2.15. The summed E-state index contributed by atoms with van der Waals surface area (Å²) in [5.74, 6) is 1.38. The molecule has 0 unspecified atom stereocenters. The zero-order chi connectivity index (χ0) is 16.0. The molecule has 0 bridgehead atoms. The van der Waals surface area contributed by atoms with Crippen LogP contribution in [-0.2, 0) is 16.4 Å². The summed E-state index contributed by atoms with van der Waals surface area (Å²) >= 11 is 0. The van der Waals surface area contributed by atoms with Gasteiger partial charge in [-0.25, -0.2) is 8.42 Å². The van der Waals surface area contributed by atoms with E-state index in [4.69, 9.17) is 4.74 Å². The molecule has 7 heteroatoms. The second kappa shape index (κ2) is 7.22. The number of ether oxygens (including phenoxy) is 1. The van der Waals surface area contributed by atoms with Crippen molar-refractivity contribution in [2.75, 3.05) is 18.2 Å². The summed E-state index contributed by atoms with van der Waals surface area (Å²) < 4.78 is 29.0. The van der Waals surface area contributed by atoms with E-state index in [-0.39, 0.29) is 10.8 Å². The molecule has 6 nitrogen and oxygen atoms in total. The molecule has 1 heterocycles. The van der Waals surface area contributed by atoms with Gasteiger partial charge in [0.25, 0.3) is 0 Å². The summed E-state index contributed by atoms with van der Waals surface area (Å²) in [5, 5.41) is 10.8. The van der Waals surface area contributed by atoms with Gasteiger partial charge in [0.1, 0.15) is 11.6 Å². The van der Waals surface area contributed by atoms with Crippen molar-refractivity contribution in [2.24, 2.45) is 0 Å². The van der Waals surface area contributed by atoms with Crippen LogP contribution in [0, 0.1) is 0 Å². The van der Waals surface area contributed by atoms with Gasteiger partial charge in [-0.1, -0.05) is 25.1 Å². The summed E-state index contributed by atoms with van der Waals surface area (Å²) in [6.45, 7) is 2.33. The maximum atomic E-state index is 11.9. The van der Waals surface area contributed by atoms with Crippen molar-refractivity contribution in [3.63, 3.8) is 0 Å². The number of methoxy groups -OCH3 is 1. The molecular weight excluding hydrogens is 302 g/mol. The second-order valence-electron chi connectivity index (χ2n) is 4.74. The first-order chi connectivity index (χ1) is 10.6. The van der Waals surface area contributed by atoms with E-state index in [1.165, 1.54) is 6.07 Å². The number of hydrogen-bond donors (Lipinski definition) is 1. The lowest BCUT2D eigenvalue weighted by Crippen LogP contribution is -2.10. The van der Waals surface area contributed by atoms with Crippen LogP contribution in [0.1, 0.15) is 18.9 Å². The third kappa shape index (κ3) is 3.94. The van der Waals surface area contributed by atoms with E-state index in [0.29, 0.717) is 18.8 Å². The second-order valence-corrected chi connectivity index (χ2v) is 6.80. The molecule has 2 aromatic rings. The Balaban J connectivity index is 2.06. The van der Waals surface area contributed by atoms with E-state index in [1.54, 1.807) is 13.2 Å². The maximum Gasteiger partial charge on any atom is 0.197 e. The van der Waals surface area contributed by atoms with Crippen LogP contribution in [0.15, 0.2) is 41.4 Å². The number of para-hydroxylation sites is 1. The van der Waals surface area contributed by atoms with Crippen molar-refractivity contribution in [3.8, 4) is 5.75 Å². The highest BCUT2D eigenvalue weighted by molar-refractivity contribution is 7.91. The molecule has 1 aromatic carbocycles. The van der Waals surface area contributed by atoms with E-state index in [1.807, 2.05) is 31.2 Å². The summed E-state index contributed by atoms with van der Waals surface area (Å²) in [6.07, 6.45) is 0.553. The van der Waals surface area contributed by atoms with Crippen LogP contribution in [0.2, 0.25) is 0 Å². The molecule has 0 saturated heterocycles. The molecule has 1 aromatic heterocycles. The average molecular weight is 321 g/mol. The molecule has 0 saturated carbocycles. The van der Waals surface area contributed by atoms with Gasteiger partial charge in [0, 0.05) is 12.1 Å². The number of rotatable bonds is 7. The van der Waals surface area contributed by atoms with Crippen molar-refractivity contribution in [1.82, 2.24) is 10.2 Å². The predicted molar refractivity (Wildman–Crippen MR) is 84.7 cm³/mol. The number of benzene rings is 1. The molecule has 0 fully saturated rings. The van der Waals surface area contributed by atoms with Crippen LogP contribution in [0.3, 0.4) is 0 Å². The van der Waals surface area contributed by atoms with Gasteiger partial charge in [0.05, 0.1) is 12.9 Å². The molecule has 0 aliphatic heterocycles. The predicted octanol–water partition coefficient (Wildman–Crippen LogP) is 2.28. The molecule has 0 amide bonds. The van der Waals surface area contributed by atoms with Gasteiger partial charge in [-0.3, -0.25) is 0 Å². The Bertz CT molecular complexity index is 715. The van der Waals surface area contributed by atoms with Gasteiger partial charge < -0.3 is 10.1 Å². The Hall–Kier alpha value is -2.15. The summed E-state index contributed by atoms with van der Waals surface area (Å²) in [7, 11) is -1.71. The van der Waals surface area contributed by atoms with E-state index in [9.17, 15) is 8.42 Å². The fraction of sp³-hybridized carbons (Fsp3) is 0.333.